The summed E-state index contributed by atoms with van der Waals surface area (Å²) in [5, 5.41) is 3.89. The number of rotatable bonds is 11. The van der Waals surface area contributed by atoms with Gasteiger partial charge in [0.05, 0.1) is 23.4 Å². The summed E-state index contributed by atoms with van der Waals surface area (Å²) in [6.07, 6.45) is 4.26. The molecule has 0 saturated heterocycles. The molecule has 5 N–H and O–H groups in total. The van der Waals surface area contributed by atoms with E-state index < -0.39 is 12.0 Å². The largest absolute Gasteiger partial charge is 0.330 e. The predicted molar refractivity (Wildman–Crippen MR) is 125 cm³/mol. The Hall–Kier alpha value is -3.09. The minimum atomic E-state index is -0.585. The number of hydrogen-bond acceptors (Lipinski definition) is 5. The molecule has 162 valence electrons. The highest BCUT2D eigenvalue weighted by molar-refractivity contribution is 5.97. The van der Waals surface area contributed by atoms with Crippen LogP contribution in [0.3, 0.4) is 0 Å². The minimum absolute atomic E-state index is 0.0988. The van der Waals surface area contributed by atoms with E-state index >= 15 is 0 Å². The number of benzene rings is 2. The monoisotopic (exact) mass is 418 g/mol. The summed E-state index contributed by atoms with van der Waals surface area (Å²) in [6.45, 7) is 0.494. The normalized spacial score (nSPS) is 13.0. The zero-order chi connectivity index (χ0) is 22.1. The van der Waals surface area contributed by atoms with Gasteiger partial charge in [-0.3, -0.25) is 14.6 Å². The lowest BCUT2D eigenvalue weighted by Crippen LogP contribution is -2.35. The Bertz CT molecular complexity index is 1010. The molecule has 0 aliphatic rings. The van der Waals surface area contributed by atoms with Crippen LogP contribution in [0, 0.1) is 5.92 Å². The van der Waals surface area contributed by atoms with E-state index in [-0.39, 0.29) is 18.1 Å². The van der Waals surface area contributed by atoms with Gasteiger partial charge in [0.1, 0.15) is 5.78 Å². The van der Waals surface area contributed by atoms with Gasteiger partial charge in [-0.1, -0.05) is 48.5 Å². The third-order valence-electron chi connectivity index (χ3n) is 5.43. The summed E-state index contributed by atoms with van der Waals surface area (Å²) in [5.41, 5.74) is 14.2. The molecular weight excluding hydrogens is 388 g/mol. The van der Waals surface area contributed by atoms with Crippen LogP contribution in [0.5, 0.6) is 0 Å². The van der Waals surface area contributed by atoms with Crippen LogP contribution in [0.1, 0.15) is 31.2 Å². The molecule has 0 bridgehead atoms. The molecule has 1 aromatic heterocycles. The van der Waals surface area contributed by atoms with Crippen molar-refractivity contribution >= 4 is 28.3 Å². The van der Waals surface area contributed by atoms with E-state index in [1.165, 1.54) is 0 Å². The molecule has 0 aliphatic carbocycles. The fourth-order valence-electron chi connectivity index (χ4n) is 3.59. The number of Topliss-reactive ketones (excluding diaryl/α,β-unsaturated/α-hetero) is 1. The van der Waals surface area contributed by atoms with Gasteiger partial charge >= 0.3 is 0 Å². The smallest absolute Gasteiger partial charge is 0.227 e. The van der Waals surface area contributed by atoms with Crippen molar-refractivity contribution in [3.8, 4) is 0 Å². The third kappa shape index (κ3) is 6.70. The highest BCUT2D eigenvalue weighted by atomic mass is 16.2. The number of aryl methyl sites for hydroxylation is 1. The predicted octanol–water partition coefficient (Wildman–Crippen LogP) is 3.45. The van der Waals surface area contributed by atoms with E-state index in [0.29, 0.717) is 37.9 Å². The summed E-state index contributed by atoms with van der Waals surface area (Å²) in [6, 6.07) is 19.0. The van der Waals surface area contributed by atoms with E-state index in [9.17, 15) is 9.59 Å². The SMILES string of the molecule is NCCC[C@@H](N)C(=O)C[C@H](CCc1ccccc1)C(=O)Nc1cnc2ccccc2c1. The van der Waals surface area contributed by atoms with Crippen LogP contribution in [0.2, 0.25) is 0 Å². The molecule has 0 aliphatic heterocycles. The topological polar surface area (TPSA) is 111 Å². The van der Waals surface area contributed by atoms with Gasteiger partial charge in [-0.15, -0.1) is 0 Å². The molecule has 0 unspecified atom stereocenters. The van der Waals surface area contributed by atoms with Gasteiger partial charge < -0.3 is 16.8 Å². The number of amides is 1. The Kier molecular flexibility index (Phi) is 8.27. The molecule has 2 aromatic carbocycles. The standard InChI is InChI=1S/C25H30N4O2/c26-14-6-10-22(27)24(30)16-20(13-12-18-7-2-1-3-8-18)25(31)29-21-15-19-9-4-5-11-23(19)28-17-21/h1-5,7-9,11,15,17,20,22H,6,10,12-14,16,26-27H2,(H,29,31)/t20-,22+/m0/s1. The summed E-state index contributed by atoms with van der Waals surface area (Å²) < 4.78 is 0. The summed E-state index contributed by atoms with van der Waals surface area (Å²) >= 11 is 0. The molecule has 6 nitrogen and oxygen atoms in total. The number of carbonyl (C=O) groups is 2. The first-order chi connectivity index (χ1) is 15.1. The first-order valence-electron chi connectivity index (χ1n) is 10.7. The molecule has 2 atom stereocenters. The first-order valence-corrected chi connectivity index (χ1v) is 10.7. The van der Waals surface area contributed by atoms with Gasteiger partial charge in [0, 0.05) is 17.7 Å². The van der Waals surface area contributed by atoms with Gasteiger partial charge in [-0.05, 0) is 49.9 Å². The minimum Gasteiger partial charge on any atom is -0.330 e. The molecule has 0 fully saturated rings. The maximum Gasteiger partial charge on any atom is 0.227 e. The van der Waals surface area contributed by atoms with Gasteiger partial charge in [0.2, 0.25) is 5.91 Å². The number of carbonyl (C=O) groups excluding carboxylic acids is 2. The maximum absolute atomic E-state index is 13.1. The van der Waals surface area contributed by atoms with Crippen LogP contribution in [0.15, 0.2) is 66.9 Å². The lowest BCUT2D eigenvalue weighted by atomic mass is 9.90. The molecule has 1 heterocycles. The summed E-state index contributed by atoms with van der Waals surface area (Å²) in [7, 11) is 0. The molecule has 0 radical (unpaired) electrons. The quantitative estimate of drug-likeness (QED) is 0.442. The van der Waals surface area contributed by atoms with Gasteiger partial charge in [0.25, 0.3) is 0 Å². The van der Waals surface area contributed by atoms with Crippen LogP contribution in [0.25, 0.3) is 10.9 Å². The molecule has 31 heavy (non-hydrogen) atoms. The van der Waals surface area contributed by atoms with Crippen LogP contribution in [-0.4, -0.2) is 29.3 Å². The second-order valence-corrected chi connectivity index (χ2v) is 7.83. The Morgan fingerprint density at radius 3 is 2.52 bits per heavy atom. The molecule has 3 aromatic rings. The number of aromatic nitrogens is 1. The molecular formula is C25H30N4O2. The van der Waals surface area contributed by atoms with E-state index in [2.05, 4.69) is 10.3 Å². The van der Waals surface area contributed by atoms with E-state index in [1.54, 1.807) is 6.20 Å². The molecule has 1 amide bonds. The Morgan fingerprint density at radius 1 is 1.00 bits per heavy atom. The zero-order valence-electron chi connectivity index (χ0n) is 17.7. The average molecular weight is 419 g/mol. The number of hydrogen-bond donors (Lipinski definition) is 3. The van der Waals surface area contributed by atoms with Gasteiger partial charge in [-0.2, -0.15) is 0 Å². The van der Waals surface area contributed by atoms with Crippen molar-refractivity contribution in [2.45, 2.75) is 38.1 Å². The van der Waals surface area contributed by atoms with E-state index in [4.69, 9.17) is 11.5 Å². The van der Waals surface area contributed by atoms with Crippen molar-refractivity contribution in [1.82, 2.24) is 4.98 Å². The van der Waals surface area contributed by atoms with E-state index in [0.717, 1.165) is 16.5 Å². The molecule has 6 heteroatoms. The van der Waals surface area contributed by atoms with Crippen molar-refractivity contribution in [3.63, 3.8) is 0 Å². The first kappa shape index (κ1) is 22.6. The Morgan fingerprint density at radius 2 is 1.74 bits per heavy atom. The zero-order valence-corrected chi connectivity index (χ0v) is 17.7. The number of ketones is 1. The number of pyridine rings is 1. The number of para-hydroxylation sites is 1. The van der Waals surface area contributed by atoms with Crippen LogP contribution in [-0.2, 0) is 16.0 Å². The number of nitrogens with zero attached hydrogens (tertiary/aromatic N) is 1. The number of nitrogens with two attached hydrogens (primary N) is 2. The fourth-order valence-corrected chi connectivity index (χ4v) is 3.59. The lowest BCUT2D eigenvalue weighted by molar-refractivity contribution is -0.127. The fraction of sp³-hybridized carbons (Fsp3) is 0.320. The van der Waals surface area contributed by atoms with Crippen molar-refractivity contribution in [1.29, 1.82) is 0 Å². The Balaban J connectivity index is 1.71. The number of nitrogens with one attached hydrogen (secondary N) is 1. The summed E-state index contributed by atoms with van der Waals surface area (Å²) in [4.78, 5) is 30.1. The summed E-state index contributed by atoms with van der Waals surface area (Å²) in [5.74, 6) is -0.756. The van der Waals surface area contributed by atoms with Crippen molar-refractivity contribution in [2.75, 3.05) is 11.9 Å². The maximum atomic E-state index is 13.1. The van der Waals surface area contributed by atoms with Crippen LogP contribution in [0.4, 0.5) is 5.69 Å². The van der Waals surface area contributed by atoms with Crippen molar-refractivity contribution < 1.29 is 9.59 Å². The Labute approximate surface area is 183 Å². The van der Waals surface area contributed by atoms with Crippen LogP contribution >= 0.6 is 0 Å². The lowest BCUT2D eigenvalue weighted by Gasteiger charge is -2.19. The number of fused-ring (bicyclic) bond motifs is 1. The van der Waals surface area contributed by atoms with E-state index in [1.807, 2.05) is 60.7 Å². The van der Waals surface area contributed by atoms with Crippen LogP contribution < -0.4 is 16.8 Å². The number of anilines is 1. The average Bonchev–Trinajstić information content (AvgIpc) is 2.80. The molecule has 0 saturated carbocycles. The molecule has 3 rings (SSSR count). The highest BCUT2D eigenvalue weighted by Crippen LogP contribution is 2.20. The second kappa shape index (κ2) is 11.3. The third-order valence-corrected chi connectivity index (χ3v) is 5.43. The highest BCUT2D eigenvalue weighted by Gasteiger charge is 2.25. The second-order valence-electron chi connectivity index (χ2n) is 7.83. The van der Waals surface area contributed by atoms with Crippen molar-refractivity contribution in [2.24, 2.45) is 17.4 Å². The van der Waals surface area contributed by atoms with Gasteiger partial charge in [0.15, 0.2) is 0 Å². The van der Waals surface area contributed by atoms with Gasteiger partial charge in [-0.25, -0.2) is 0 Å². The molecule has 0 spiro atoms. The van der Waals surface area contributed by atoms with Crippen molar-refractivity contribution in [3.05, 3.63) is 72.4 Å².